The number of esters is 2. The van der Waals surface area contributed by atoms with E-state index < -0.39 is 37.8 Å². The number of carbonyl (C=O) groups is 4. The lowest BCUT2D eigenvalue weighted by Gasteiger charge is -2.44. The molecule has 4 aromatic carbocycles. The summed E-state index contributed by atoms with van der Waals surface area (Å²) in [5, 5.41) is 21.7. The highest BCUT2D eigenvalue weighted by Crippen LogP contribution is 2.66. The van der Waals surface area contributed by atoms with Crippen LogP contribution in [0, 0.1) is 71.0 Å². The SMILES string of the molecule is C.CC[C@H]1CCC[C@H](O[C@H]2CC[C@H](N(C)C)C(C)O2)[C@@H](C)C(=O)C2=C[C@H]3[C@@H]4C[C@H](O[C@@H]5OC(C)[C@H](OC)C(OC)[C@@H]5OC)C[C@H]4[C@@H]4[C@H]([C@H]3[C@@H]2CC(=O)O1)N4c1ccc(-c2ccccc2)cc1.CC[C@H]1CCC[C@H](O[C@H]2CC[C@H](N(C)C)C(C)O2)[C@@H](C)C(=O)C2=C[C@H]3[C@@H]4C[C@H](O[C@@H]5OC(C)[C@H](OC)C(OC)[C@@H]5OC)C[C@H]4[C@H]4N[C@H]4[C@H]3[C@@H]2CC(=O)O1.OB(O)c1ccc(-c2ccccc2)cc1. The number of fused-ring (bicyclic) bond motifs is 16. The summed E-state index contributed by atoms with van der Waals surface area (Å²) in [4.78, 5) is 64.9. The van der Waals surface area contributed by atoms with Gasteiger partial charge < -0.3 is 106 Å². The van der Waals surface area contributed by atoms with Crippen LogP contribution in [-0.4, -0.2) is 280 Å². The molecule has 38 atom stereocenters. The van der Waals surface area contributed by atoms with E-state index in [1.54, 1.807) is 54.8 Å². The molecule has 14 aliphatic rings. The van der Waals surface area contributed by atoms with Gasteiger partial charge in [0.25, 0.3) is 0 Å². The van der Waals surface area contributed by atoms with Crippen molar-refractivity contribution < 1.29 is 105 Å². The van der Waals surface area contributed by atoms with E-state index >= 15 is 4.79 Å². The Hall–Kier alpha value is -6.26. The van der Waals surface area contributed by atoms with Gasteiger partial charge in [0.1, 0.15) is 48.8 Å². The van der Waals surface area contributed by atoms with Crippen LogP contribution in [0.15, 0.2) is 132 Å². The Morgan fingerprint density at radius 2 is 0.836 bits per heavy atom. The number of Topliss-reactive ketones (excluding diaryl/α,β-unsaturated/α-hetero) is 2. The average molecular weight is 1860 g/mol. The van der Waals surface area contributed by atoms with Crippen LogP contribution in [0.1, 0.15) is 178 Å². The Bertz CT molecular complexity index is 4550. The van der Waals surface area contributed by atoms with E-state index in [4.69, 9.17) is 85.8 Å². The topological polar surface area (TPSA) is 288 Å². The molecule has 4 saturated carbocycles. The van der Waals surface area contributed by atoms with Crippen LogP contribution in [-0.2, 0) is 95.0 Å². The number of methoxy groups -OCH3 is 6. The molecule has 8 saturated heterocycles. The first-order valence-electron chi connectivity index (χ1n) is 50.0. The second-order valence-corrected chi connectivity index (χ2v) is 41.1. The Kier molecular flexibility index (Phi) is 34.4. The molecule has 12 fully saturated rings. The standard InChI is InChI=1S/C53H74N2O10.C41H66N2O10.C12H11BO2.CH4/c1-10-35-17-14-18-43(65-45-24-23-42(54(5)6)30(3)61-45)29(2)49(57)41-27-38-37-25-36(64-53-52(60-9)51(59-8)50(58-7)31(4)62-53)26-40(37)47-48(46(38)39(41)28-44(56)63-35)55(47)34-21-19-33(20-22-34)32-15-12-11-13-16-32;1-10-23-12-11-13-31(53-33-15-14-30(43(5)6)21(3)49-33)20(2)37(45)29-18-26-25-16-24(52-41-40(48-9)39(47-8)38(46-7)22(4)50-41)17-28(25)35-36(42-35)34(26)27(29)19-32(44)51-23;14-13(15)12-8-6-11(7-9-12)10-4-2-1-3-5-10;/h11-13,15-16,19-22,27,29-31,35-40,42-43,45-48,50-53H,10,14,17-18,23-26,28H2,1-9H3;18,20-28,30-31,33-36,38-42H,10-17,19H2,1-9H3;1-9,14-15H;1H4/t29-,30?,31?,35+,36+,37+,38+,39-,40-,42+,43+,45+,46-,47-,48+,50+,51?,52+,53+,55?;20-,21?,22?,23+,24+,25+,26+,27-,28-,30+,31+,33+,34-,35-,36+,38+,39?,40+,41+;;/m11../s1. The summed E-state index contributed by atoms with van der Waals surface area (Å²) >= 11 is 0. The molecule has 26 nitrogen and oxygen atoms in total. The number of hydrogen-bond donors (Lipinski definition) is 3. The molecule has 134 heavy (non-hydrogen) atoms. The minimum atomic E-state index is -1.39. The van der Waals surface area contributed by atoms with Crippen molar-refractivity contribution in [2.45, 2.75) is 337 Å². The van der Waals surface area contributed by atoms with Crippen molar-refractivity contribution >= 4 is 41.8 Å². The number of nitrogens with one attached hydrogen (secondary N) is 1. The van der Waals surface area contributed by atoms with Gasteiger partial charge in [-0.1, -0.05) is 144 Å². The van der Waals surface area contributed by atoms with Gasteiger partial charge in [-0.3, -0.25) is 19.2 Å². The van der Waals surface area contributed by atoms with Crippen LogP contribution in [0.5, 0.6) is 0 Å². The van der Waals surface area contributed by atoms with Crippen molar-refractivity contribution in [1.29, 1.82) is 0 Å². The molecule has 18 rings (SSSR count). The molecule has 27 heteroatoms. The van der Waals surface area contributed by atoms with Crippen LogP contribution in [0.25, 0.3) is 22.3 Å². The number of benzene rings is 4. The lowest BCUT2D eigenvalue weighted by atomic mass is 9.66. The lowest BCUT2D eigenvalue weighted by Crippen LogP contribution is -2.59. The molecule has 738 valence electrons. The molecular formula is C107H155BN4O22. The van der Waals surface area contributed by atoms with Crippen molar-refractivity contribution in [3.8, 4) is 22.3 Å². The van der Waals surface area contributed by atoms with Gasteiger partial charge in [-0.2, -0.15) is 0 Å². The number of carbonyl (C=O) groups excluding carboxylic acids is 4. The van der Waals surface area contributed by atoms with Crippen molar-refractivity contribution in [1.82, 2.24) is 15.1 Å². The minimum absolute atomic E-state index is 0. The summed E-state index contributed by atoms with van der Waals surface area (Å²) in [5.74, 6) is 0.308. The predicted molar refractivity (Wildman–Crippen MR) is 511 cm³/mol. The smallest absolute Gasteiger partial charge is 0.462 e. The molecule has 0 spiro atoms. The lowest BCUT2D eigenvalue weighted by molar-refractivity contribution is -0.314. The highest BCUT2D eigenvalue weighted by atomic mass is 16.7. The van der Waals surface area contributed by atoms with Crippen molar-refractivity contribution in [2.75, 3.05) is 75.7 Å². The Labute approximate surface area is 796 Å². The summed E-state index contributed by atoms with van der Waals surface area (Å²) in [6.45, 7) is 16.5. The van der Waals surface area contributed by atoms with Gasteiger partial charge in [-0.25, -0.2) is 0 Å². The van der Waals surface area contributed by atoms with E-state index in [1.165, 1.54) is 16.8 Å². The maximum atomic E-state index is 15.3. The molecule has 0 radical (unpaired) electrons. The van der Waals surface area contributed by atoms with Gasteiger partial charge >= 0.3 is 19.1 Å². The summed E-state index contributed by atoms with van der Waals surface area (Å²) in [7, 11) is 17.0. The van der Waals surface area contributed by atoms with Crippen molar-refractivity contribution in [3.63, 3.8) is 0 Å². The van der Waals surface area contributed by atoms with E-state index in [9.17, 15) is 14.4 Å². The molecule has 8 heterocycles. The van der Waals surface area contributed by atoms with E-state index in [0.29, 0.717) is 54.2 Å². The summed E-state index contributed by atoms with van der Waals surface area (Å²) in [6, 6.07) is 38.2. The first kappa shape index (κ1) is 102. The number of nitrogens with zero attached hydrogens (tertiary/aromatic N) is 3. The zero-order chi connectivity index (χ0) is 94.1. The van der Waals surface area contributed by atoms with Crippen LogP contribution < -0.4 is 15.7 Å². The second kappa shape index (κ2) is 45.1. The number of cyclic esters (lactones) is 2. The van der Waals surface area contributed by atoms with Gasteiger partial charge in [0.05, 0.1) is 73.8 Å². The monoisotopic (exact) mass is 1860 g/mol. The fraction of sp³-hybridized carbons (Fsp3) is 0.701. The van der Waals surface area contributed by atoms with Gasteiger partial charge in [0.15, 0.2) is 36.7 Å². The second-order valence-electron chi connectivity index (χ2n) is 41.1. The number of allylic oxidation sites excluding steroid dienone is 4. The third kappa shape index (κ3) is 21.8. The van der Waals surface area contributed by atoms with Gasteiger partial charge in [0.2, 0.25) is 0 Å². The summed E-state index contributed by atoms with van der Waals surface area (Å²) in [6.07, 6.45) is 12.4. The summed E-state index contributed by atoms with van der Waals surface area (Å²) in [5.41, 5.74) is 7.80. The molecule has 8 aliphatic heterocycles. The zero-order valence-electron chi connectivity index (χ0n) is 81.7. The Morgan fingerprint density at radius 1 is 0.433 bits per heavy atom. The predicted octanol–water partition coefficient (Wildman–Crippen LogP) is 13.8. The third-order valence-corrected chi connectivity index (χ3v) is 33.2. The maximum absolute atomic E-state index is 15.3. The van der Waals surface area contributed by atoms with Gasteiger partial charge in [-0.15, -0.1) is 0 Å². The Balaban J connectivity index is 0.000000178. The molecule has 4 aromatic rings. The van der Waals surface area contributed by atoms with Crippen molar-refractivity contribution in [3.05, 3.63) is 132 Å². The van der Waals surface area contributed by atoms with Crippen LogP contribution in [0.4, 0.5) is 5.69 Å². The number of ketones is 2. The Morgan fingerprint density at radius 3 is 1.25 bits per heavy atom. The highest BCUT2D eigenvalue weighted by Gasteiger charge is 2.70. The van der Waals surface area contributed by atoms with E-state index in [-0.39, 0.29) is 207 Å². The largest absolute Gasteiger partial charge is 0.488 e. The molecule has 6 aliphatic carbocycles. The first-order valence-corrected chi connectivity index (χ1v) is 50.0. The maximum Gasteiger partial charge on any atom is 0.488 e. The van der Waals surface area contributed by atoms with Gasteiger partial charge in [0, 0.05) is 96.2 Å². The highest BCUT2D eigenvalue weighted by molar-refractivity contribution is 6.58. The van der Waals surface area contributed by atoms with Crippen LogP contribution in [0.3, 0.4) is 0 Å². The molecule has 6 unspecified atom stereocenters. The van der Waals surface area contributed by atoms with E-state index in [0.717, 1.165) is 112 Å². The van der Waals surface area contributed by atoms with E-state index in [1.807, 2.05) is 76.2 Å². The first-order chi connectivity index (χ1) is 64.2. The van der Waals surface area contributed by atoms with Crippen LogP contribution >= 0.6 is 0 Å². The molecule has 0 aromatic heterocycles. The number of ether oxygens (including phenoxy) is 16. The third-order valence-electron chi connectivity index (χ3n) is 33.2. The average Bonchev–Trinajstić information content (AvgIpc) is 1.54. The fourth-order valence-corrected chi connectivity index (χ4v) is 26.4. The zero-order valence-corrected chi connectivity index (χ0v) is 81.7. The minimum Gasteiger partial charge on any atom is -0.462 e. The van der Waals surface area contributed by atoms with Crippen molar-refractivity contribution in [2.24, 2.45) is 71.0 Å². The molecule has 0 bridgehead atoms. The van der Waals surface area contributed by atoms with Crippen LogP contribution in [0.2, 0.25) is 0 Å². The number of rotatable bonds is 22. The molecular weight excluding hydrogens is 1700 g/mol. The number of anilines is 1. The molecule has 3 N–H and O–H groups in total. The van der Waals surface area contributed by atoms with Gasteiger partial charge in [-0.05, 0) is 257 Å². The molecule has 0 amide bonds. The number of hydrogen-bond acceptors (Lipinski definition) is 26. The fourth-order valence-electron chi connectivity index (χ4n) is 26.4. The quantitative estimate of drug-likeness (QED) is 0.0374. The summed E-state index contributed by atoms with van der Waals surface area (Å²) < 4.78 is 101. The van der Waals surface area contributed by atoms with E-state index in [2.05, 4.69) is 137 Å². The number of likely N-dealkylation sites (N-methyl/N-ethyl adjacent to an activating group) is 2. The normalized spacial score (nSPS) is 40.7.